The van der Waals surface area contributed by atoms with E-state index in [1.54, 1.807) is 7.11 Å². The van der Waals surface area contributed by atoms with E-state index < -0.39 is 0 Å². The molecule has 2 aromatic rings. The van der Waals surface area contributed by atoms with E-state index in [1.807, 2.05) is 30.3 Å². The fourth-order valence-electron chi connectivity index (χ4n) is 3.39. The first-order valence-corrected chi connectivity index (χ1v) is 9.75. The second-order valence-electron chi connectivity index (χ2n) is 6.75. The molecule has 3 N–H and O–H groups in total. The van der Waals surface area contributed by atoms with Crippen LogP contribution < -0.4 is 20.3 Å². The minimum Gasteiger partial charge on any atom is -0.497 e. The van der Waals surface area contributed by atoms with Crippen molar-refractivity contribution in [1.29, 1.82) is 0 Å². The third-order valence-electron chi connectivity index (χ3n) is 5.01. The maximum absolute atomic E-state index is 5.54. The van der Waals surface area contributed by atoms with Gasteiger partial charge in [0.15, 0.2) is 5.11 Å². The molecule has 6 heteroatoms. The summed E-state index contributed by atoms with van der Waals surface area (Å²) in [5.41, 5.74) is 3.49. The van der Waals surface area contributed by atoms with Crippen LogP contribution in [0, 0.1) is 6.92 Å². The van der Waals surface area contributed by atoms with E-state index in [-0.39, 0.29) is 0 Å². The summed E-state index contributed by atoms with van der Waals surface area (Å²) in [7, 11) is 1.69. The lowest BCUT2D eigenvalue weighted by atomic mass is 10.0. The van der Waals surface area contributed by atoms with E-state index in [0.29, 0.717) is 11.2 Å². The molecule has 1 aliphatic heterocycles. The van der Waals surface area contributed by atoms with Crippen molar-refractivity contribution in [3.05, 3.63) is 59.7 Å². The normalized spacial score (nSPS) is 15.8. The van der Waals surface area contributed by atoms with Crippen LogP contribution in [0.3, 0.4) is 0 Å². The zero-order valence-electron chi connectivity index (χ0n) is 16.0. The standard InChI is InChI=1S/C21H27N3O2S/c1-16-5-3-4-6-19(16)23-21(27)22-15-20(24-11-13-26-14-12-24)17-7-9-18(25-2)10-8-17/h3-10,20H,11-15H2,1-2H3,(H2,22,23,27)/p+1/t20-/m1/s1. The molecule has 1 saturated heterocycles. The summed E-state index contributed by atoms with van der Waals surface area (Å²) in [4.78, 5) is 1.51. The molecule has 0 unspecified atom stereocenters. The van der Waals surface area contributed by atoms with Gasteiger partial charge in [-0.3, -0.25) is 0 Å². The van der Waals surface area contributed by atoms with Crippen LogP contribution in [0.1, 0.15) is 17.2 Å². The highest BCUT2D eigenvalue weighted by molar-refractivity contribution is 7.80. The van der Waals surface area contributed by atoms with Gasteiger partial charge in [-0.15, -0.1) is 0 Å². The Kier molecular flexibility index (Phi) is 7.04. The predicted octanol–water partition coefficient (Wildman–Crippen LogP) is 1.95. The Morgan fingerprint density at radius 2 is 1.85 bits per heavy atom. The molecule has 0 spiro atoms. The first-order valence-electron chi connectivity index (χ1n) is 9.34. The lowest BCUT2D eigenvalue weighted by Gasteiger charge is -2.32. The number of methoxy groups -OCH3 is 1. The number of nitrogens with one attached hydrogen (secondary N) is 3. The number of morpholine rings is 1. The number of hydrogen-bond acceptors (Lipinski definition) is 3. The Labute approximate surface area is 166 Å². The van der Waals surface area contributed by atoms with Crippen molar-refractivity contribution in [2.24, 2.45) is 0 Å². The second kappa shape index (κ2) is 9.69. The highest BCUT2D eigenvalue weighted by atomic mass is 32.1. The van der Waals surface area contributed by atoms with Gasteiger partial charge in [0, 0.05) is 11.3 Å². The summed E-state index contributed by atoms with van der Waals surface area (Å²) < 4.78 is 10.8. The van der Waals surface area contributed by atoms with Crippen molar-refractivity contribution in [3.63, 3.8) is 0 Å². The van der Waals surface area contributed by atoms with E-state index in [4.69, 9.17) is 21.7 Å². The molecule has 144 valence electrons. The Morgan fingerprint density at radius 3 is 2.52 bits per heavy atom. The average Bonchev–Trinajstić information content (AvgIpc) is 2.71. The van der Waals surface area contributed by atoms with Crippen LogP contribution in [0.5, 0.6) is 5.75 Å². The summed E-state index contributed by atoms with van der Waals surface area (Å²) >= 11 is 5.53. The topological polar surface area (TPSA) is 47.0 Å². The summed E-state index contributed by atoms with van der Waals surface area (Å²) in [6.07, 6.45) is 0. The number of quaternary nitrogens is 1. The number of hydrogen-bond donors (Lipinski definition) is 3. The third kappa shape index (κ3) is 5.42. The monoisotopic (exact) mass is 386 g/mol. The molecule has 1 heterocycles. The van der Waals surface area contributed by atoms with Gasteiger partial charge >= 0.3 is 0 Å². The number of rotatable bonds is 6. The van der Waals surface area contributed by atoms with Crippen LogP contribution in [-0.4, -0.2) is 45.1 Å². The smallest absolute Gasteiger partial charge is 0.171 e. The van der Waals surface area contributed by atoms with E-state index in [2.05, 4.69) is 35.8 Å². The molecule has 0 amide bonds. The van der Waals surface area contributed by atoms with Gasteiger partial charge in [-0.05, 0) is 55.0 Å². The number of benzene rings is 2. The highest BCUT2D eigenvalue weighted by Gasteiger charge is 2.26. The molecule has 0 bridgehead atoms. The molecule has 3 rings (SSSR count). The molecule has 1 aliphatic rings. The van der Waals surface area contributed by atoms with Gasteiger partial charge in [-0.25, -0.2) is 0 Å². The molecule has 1 fully saturated rings. The highest BCUT2D eigenvalue weighted by Crippen LogP contribution is 2.16. The number of thiocarbonyl (C=S) groups is 1. The lowest BCUT2D eigenvalue weighted by molar-refractivity contribution is -0.937. The molecule has 2 aromatic carbocycles. The predicted molar refractivity (Wildman–Crippen MR) is 113 cm³/mol. The fourth-order valence-corrected chi connectivity index (χ4v) is 3.58. The number of aryl methyl sites for hydroxylation is 1. The Bertz CT molecular complexity index is 745. The lowest BCUT2D eigenvalue weighted by Crippen LogP contribution is -3.15. The quantitative estimate of drug-likeness (QED) is 0.663. The molecule has 0 radical (unpaired) electrons. The maximum atomic E-state index is 5.54. The molecule has 1 atom stereocenters. The van der Waals surface area contributed by atoms with Gasteiger partial charge < -0.3 is 25.0 Å². The largest absolute Gasteiger partial charge is 0.497 e. The van der Waals surface area contributed by atoms with Gasteiger partial charge in [0.25, 0.3) is 0 Å². The van der Waals surface area contributed by atoms with Gasteiger partial charge in [0.1, 0.15) is 24.9 Å². The van der Waals surface area contributed by atoms with E-state index >= 15 is 0 Å². The minimum atomic E-state index is 0.302. The van der Waals surface area contributed by atoms with Crippen LogP contribution in [0.15, 0.2) is 48.5 Å². The van der Waals surface area contributed by atoms with E-state index in [9.17, 15) is 0 Å². The summed E-state index contributed by atoms with van der Waals surface area (Å²) in [6.45, 7) is 6.43. The SMILES string of the molecule is COc1ccc([C@@H](CNC(=S)Nc2ccccc2C)[NH+]2CCOCC2)cc1. The second-order valence-corrected chi connectivity index (χ2v) is 7.15. The molecular formula is C21H28N3O2S+. The van der Waals surface area contributed by atoms with Crippen molar-refractivity contribution in [1.82, 2.24) is 5.32 Å². The zero-order chi connectivity index (χ0) is 19.1. The van der Waals surface area contributed by atoms with Crippen LogP contribution in [0.25, 0.3) is 0 Å². The van der Waals surface area contributed by atoms with Crippen LogP contribution in [0.2, 0.25) is 0 Å². The van der Waals surface area contributed by atoms with Crippen molar-refractivity contribution in [2.75, 3.05) is 45.3 Å². The van der Waals surface area contributed by atoms with Crippen molar-refractivity contribution in [2.45, 2.75) is 13.0 Å². The molecule has 0 aromatic heterocycles. The van der Waals surface area contributed by atoms with Gasteiger partial charge in [-0.2, -0.15) is 0 Å². The van der Waals surface area contributed by atoms with Crippen molar-refractivity contribution >= 4 is 23.0 Å². The Balaban J connectivity index is 1.67. The van der Waals surface area contributed by atoms with Crippen molar-refractivity contribution in [3.8, 4) is 5.75 Å². The Hall–Kier alpha value is -2.15. The van der Waals surface area contributed by atoms with Crippen molar-refractivity contribution < 1.29 is 14.4 Å². The first-order chi connectivity index (χ1) is 13.2. The Morgan fingerprint density at radius 1 is 1.15 bits per heavy atom. The van der Waals surface area contributed by atoms with Crippen LogP contribution in [0.4, 0.5) is 5.69 Å². The van der Waals surface area contributed by atoms with Crippen LogP contribution in [-0.2, 0) is 4.74 Å². The van der Waals surface area contributed by atoms with Gasteiger partial charge in [0.2, 0.25) is 0 Å². The molecule has 0 saturated carbocycles. The maximum Gasteiger partial charge on any atom is 0.171 e. The number of para-hydroxylation sites is 1. The summed E-state index contributed by atoms with van der Waals surface area (Å²) in [5.74, 6) is 0.874. The molecule has 0 aliphatic carbocycles. The van der Waals surface area contributed by atoms with Crippen LogP contribution >= 0.6 is 12.2 Å². The summed E-state index contributed by atoms with van der Waals surface area (Å²) in [6, 6.07) is 16.8. The number of anilines is 1. The fraction of sp³-hybridized carbons (Fsp3) is 0.381. The van der Waals surface area contributed by atoms with Gasteiger partial charge in [-0.1, -0.05) is 18.2 Å². The zero-order valence-corrected chi connectivity index (χ0v) is 16.8. The van der Waals surface area contributed by atoms with E-state index in [0.717, 1.165) is 44.3 Å². The third-order valence-corrected chi connectivity index (χ3v) is 5.25. The van der Waals surface area contributed by atoms with Gasteiger partial charge in [0.05, 0.1) is 26.9 Å². The molecule has 27 heavy (non-hydrogen) atoms. The summed E-state index contributed by atoms with van der Waals surface area (Å²) in [5, 5.41) is 7.36. The molecular weight excluding hydrogens is 358 g/mol. The average molecular weight is 387 g/mol. The minimum absolute atomic E-state index is 0.302. The van der Waals surface area contributed by atoms with E-state index in [1.165, 1.54) is 16.0 Å². The molecule has 5 nitrogen and oxygen atoms in total. The number of ether oxygens (including phenoxy) is 2. The first kappa shape index (κ1) is 19.6.